The van der Waals surface area contributed by atoms with Crippen molar-refractivity contribution in [1.82, 2.24) is 14.5 Å². The van der Waals surface area contributed by atoms with Gasteiger partial charge in [0.25, 0.3) is 0 Å². The molecule has 0 fully saturated rings. The van der Waals surface area contributed by atoms with Crippen molar-refractivity contribution in [2.75, 3.05) is 0 Å². The number of aromatic hydroxyl groups is 1. The van der Waals surface area contributed by atoms with Gasteiger partial charge in [-0.3, -0.25) is 9.55 Å². The first-order valence-electron chi connectivity index (χ1n) is 23.2. The molecule has 320 valence electrons. The summed E-state index contributed by atoms with van der Waals surface area (Å²) in [5.74, 6) is -0.790. The van der Waals surface area contributed by atoms with Crippen LogP contribution in [0.2, 0.25) is 0 Å². The Morgan fingerprint density at radius 1 is 0.556 bits per heavy atom. The molecule has 0 aliphatic rings. The van der Waals surface area contributed by atoms with Crippen molar-refractivity contribution in [3.05, 3.63) is 166 Å². The van der Waals surface area contributed by atoms with E-state index in [9.17, 15) is 5.11 Å². The second kappa shape index (κ2) is 16.5. The van der Waals surface area contributed by atoms with Crippen LogP contribution in [0.1, 0.15) is 123 Å². The highest BCUT2D eigenvalue weighted by molar-refractivity contribution is 5.97. The van der Waals surface area contributed by atoms with Gasteiger partial charge in [0.2, 0.25) is 0 Å². The molecule has 0 spiro atoms. The lowest BCUT2D eigenvalue weighted by Gasteiger charge is -2.22. The molecule has 0 amide bonds. The largest absolute Gasteiger partial charge is 0.507 e. The van der Waals surface area contributed by atoms with E-state index in [0.29, 0.717) is 11.4 Å². The van der Waals surface area contributed by atoms with Crippen LogP contribution in [0.4, 0.5) is 0 Å². The lowest BCUT2D eigenvalue weighted by Crippen LogP contribution is -2.12. The highest BCUT2D eigenvalue weighted by Gasteiger charge is 2.26. The lowest BCUT2D eigenvalue weighted by atomic mass is 9.83. The molecule has 0 radical (unpaired) electrons. The van der Waals surface area contributed by atoms with Gasteiger partial charge in [0.05, 0.1) is 28.0 Å². The molecule has 0 saturated carbocycles. The Labute approximate surface area is 378 Å². The number of phenols is 1. The summed E-state index contributed by atoms with van der Waals surface area (Å²) in [7, 11) is 0. The van der Waals surface area contributed by atoms with Crippen LogP contribution in [0, 0.1) is 20.8 Å². The van der Waals surface area contributed by atoms with E-state index in [4.69, 9.17) is 12.7 Å². The molecule has 4 heteroatoms. The van der Waals surface area contributed by atoms with Gasteiger partial charge in [-0.25, -0.2) is 4.98 Å². The number of rotatable bonds is 8. The molecule has 2 aromatic heterocycles. The quantitative estimate of drug-likeness (QED) is 0.166. The second-order valence-corrected chi connectivity index (χ2v) is 20.0. The van der Waals surface area contributed by atoms with Gasteiger partial charge in [0, 0.05) is 20.1 Å². The predicted molar refractivity (Wildman–Crippen MR) is 267 cm³/mol. The number of benzene rings is 6. The fraction of sp³-hybridized carbons (Fsp3) is 0.288. The second-order valence-electron chi connectivity index (χ2n) is 20.0. The van der Waals surface area contributed by atoms with Crippen LogP contribution in [-0.4, -0.2) is 19.6 Å². The van der Waals surface area contributed by atoms with E-state index in [1.807, 2.05) is 46.9 Å². The summed E-state index contributed by atoms with van der Waals surface area (Å²) in [5, 5.41) is 12.0. The van der Waals surface area contributed by atoms with Gasteiger partial charge in [-0.1, -0.05) is 148 Å². The molecule has 6 aromatic carbocycles. The number of pyridine rings is 1. The number of phenolic OH excluding ortho intramolecular Hbond substituents is 1. The van der Waals surface area contributed by atoms with Gasteiger partial charge in [-0.15, -0.1) is 0 Å². The number of imidazole rings is 1. The Bertz CT molecular complexity index is 3080. The molecular formula is C59H63N3O. The van der Waals surface area contributed by atoms with Crippen LogP contribution in [0.3, 0.4) is 0 Å². The molecule has 1 N–H and O–H groups in total. The van der Waals surface area contributed by atoms with Crippen molar-refractivity contribution >= 4 is 11.0 Å². The van der Waals surface area contributed by atoms with E-state index in [0.717, 1.165) is 89.2 Å². The Kier molecular flexibility index (Phi) is 10.7. The molecule has 4 nitrogen and oxygen atoms in total. The Morgan fingerprint density at radius 2 is 1.17 bits per heavy atom. The maximum Gasteiger partial charge on any atom is 0.149 e. The molecule has 0 unspecified atom stereocenters. The zero-order valence-electron chi connectivity index (χ0n) is 41.4. The minimum atomic E-state index is -0.829. The predicted octanol–water partition coefficient (Wildman–Crippen LogP) is 16.2. The van der Waals surface area contributed by atoms with Gasteiger partial charge in [0.1, 0.15) is 11.6 Å². The lowest BCUT2D eigenvalue weighted by molar-refractivity contribution is 0.471. The van der Waals surface area contributed by atoms with Gasteiger partial charge >= 0.3 is 0 Å². The summed E-state index contributed by atoms with van der Waals surface area (Å²) >= 11 is 0. The van der Waals surface area contributed by atoms with E-state index in [-0.39, 0.29) is 16.6 Å². The van der Waals surface area contributed by atoms with Crippen molar-refractivity contribution in [2.24, 2.45) is 0 Å². The number of aryl methyl sites for hydroxylation is 3. The van der Waals surface area contributed by atoms with E-state index in [1.54, 1.807) is 0 Å². The Balaban J connectivity index is 1.37. The first-order valence-corrected chi connectivity index (χ1v) is 22.2. The van der Waals surface area contributed by atoms with E-state index in [2.05, 4.69) is 175 Å². The van der Waals surface area contributed by atoms with Crippen molar-refractivity contribution < 1.29 is 7.85 Å². The third-order valence-corrected chi connectivity index (χ3v) is 12.5. The van der Waals surface area contributed by atoms with Crippen LogP contribution < -0.4 is 0 Å². The summed E-state index contributed by atoms with van der Waals surface area (Å²) in [6.45, 7) is 27.1. The Hall–Kier alpha value is -6.26. The molecule has 0 aliphatic heterocycles. The highest BCUT2D eigenvalue weighted by Crippen LogP contribution is 2.43. The average molecular weight is 832 g/mol. The number of nitrogens with zero attached hydrogens (tertiary/aromatic N) is 3. The summed E-state index contributed by atoms with van der Waals surface area (Å²) in [6, 6.07) is 42.9. The van der Waals surface area contributed by atoms with Crippen molar-refractivity contribution in [2.45, 2.75) is 113 Å². The number of aromatic nitrogens is 3. The molecule has 0 atom stereocenters. The minimum Gasteiger partial charge on any atom is -0.507 e. The molecule has 0 saturated heterocycles. The maximum absolute atomic E-state index is 12.0. The Morgan fingerprint density at radius 3 is 1.81 bits per heavy atom. The van der Waals surface area contributed by atoms with Crippen LogP contribution in [0.5, 0.6) is 5.75 Å². The fourth-order valence-electron chi connectivity index (χ4n) is 8.48. The third kappa shape index (κ3) is 8.61. The van der Waals surface area contributed by atoms with Crippen molar-refractivity contribution in [3.8, 4) is 67.5 Å². The normalized spacial score (nSPS) is 13.0. The van der Waals surface area contributed by atoms with Gasteiger partial charge < -0.3 is 5.11 Å². The van der Waals surface area contributed by atoms with Crippen LogP contribution in [0.25, 0.3) is 72.7 Å². The minimum absolute atomic E-state index is 0.152. The standard InChI is InChI=1S/C59H63N3O/c1-35(2)43-27-44(36(3)4)29-45(28-43)41-21-22-53(38(6)25-41)62-54-16-14-15-50(55(54)61-57(62)51-34-48(58(8,9)10)26-39(7)56(51)63)46-30-47(32-49(31-46)59(11,12)13)52-33-42(23-24-60-52)40-19-17-37(5)18-20-40/h14-36,63H,1-13H3/i35D,36D. The van der Waals surface area contributed by atoms with Crippen molar-refractivity contribution in [3.63, 3.8) is 0 Å². The first-order chi connectivity index (χ1) is 30.4. The summed E-state index contributed by atoms with van der Waals surface area (Å²) in [6.07, 6.45) is 1.90. The summed E-state index contributed by atoms with van der Waals surface area (Å²) in [4.78, 5) is 10.5. The van der Waals surface area contributed by atoms with Gasteiger partial charge in [0.15, 0.2) is 0 Å². The van der Waals surface area contributed by atoms with E-state index < -0.39 is 11.8 Å². The zero-order chi connectivity index (χ0) is 47.0. The molecule has 8 aromatic rings. The van der Waals surface area contributed by atoms with Crippen LogP contribution >= 0.6 is 0 Å². The molecule has 8 rings (SSSR count). The molecule has 63 heavy (non-hydrogen) atoms. The first kappa shape index (κ1) is 40.8. The van der Waals surface area contributed by atoms with Gasteiger partial charge in [-0.05, 0) is 153 Å². The third-order valence-electron chi connectivity index (χ3n) is 12.5. The van der Waals surface area contributed by atoms with E-state index >= 15 is 0 Å². The molecule has 0 aliphatic carbocycles. The van der Waals surface area contributed by atoms with Crippen molar-refractivity contribution in [1.29, 1.82) is 0 Å². The zero-order valence-corrected chi connectivity index (χ0v) is 39.4. The smallest absolute Gasteiger partial charge is 0.149 e. The summed E-state index contributed by atoms with van der Waals surface area (Å²) in [5.41, 5.74) is 18.4. The number of hydrogen-bond acceptors (Lipinski definition) is 3. The molecule has 0 bridgehead atoms. The van der Waals surface area contributed by atoms with E-state index in [1.165, 1.54) is 11.1 Å². The van der Waals surface area contributed by atoms with Gasteiger partial charge in [-0.2, -0.15) is 0 Å². The highest BCUT2D eigenvalue weighted by atomic mass is 16.3. The topological polar surface area (TPSA) is 50.9 Å². The summed E-state index contributed by atoms with van der Waals surface area (Å²) < 4.78 is 20.0. The van der Waals surface area contributed by atoms with Crippen LogP contribution in [0.15, 0.2) is 128 Å². The SMILES string of the molecule is [2H]C(C)(C)c1cc(-c2ccc(-n3c(-c4cc(C(C)(C)C)cc(C)c4O)nc4c(-c5cc(-c6cc(-c7ccc(C)cc7)ccn6)cc(C(C)(C)C)c5)cccc43)c(C)c2)cc(C([2H])(C)C)c1. The maximum atomic E-state index is 12.0. The molecular weight excluding hydrogens is 767 g/mol. The number of hydrogen-bond donors (Lipinski definition) is 1. The fourth-order valence-corrected chi connectivity index (χ4v) is 8.48. The number of fused-ring (bicyclic) bond motifs is 1. The van der Waals surface area contributed by atoms with Crippen LogP contribution in [-0.2, 0) is 10.8 Å². The molecule has 2 heterocycles. The monoisotopic (exact) mass is 832 g/mol. The number of para-hydroxylation sites is 1. The average Bonchev–Trinajstić information content (AvgIpc) is 3.62.